The van der Waals surface area contributed by atoms with Gasteiger partial charge in [0.05, 0.1) is 6.54 Å². The maximum absolute atomic E-state index is 12.2. The molecule has 112 valence electrons. The van der Waals surface area contributed by atoms with E-state index in [0.29, 0.717) is 25.2 Å². The van der Waals surface area contributed by atoms with Gasteiger partial charge in [0.2, 0.25) is 5.91 Å². The SMILES string of the molecule is CCNC(=O)CN(CC)C(=O)c1ccc(CN)cc1.Cl. The quantitative estimate of drug-likeness (QED) is 0.828. The summed E-state index contributed by atoms with van der Waals surface area (Å²) in [7, 11) is 0. The molecule has 0 radical (unpaired) electrons. The normalized spacial score (nSPS) is 9.55. The third-order valence-electron chi connectivity index (χ3n) is 2.81. The second kappa shape index (κ2) is 9.34. The Balaban J connectivity index is 0.00000361. The average molecular weight is 300 g/mol. The lowest BCUT2D eigenvalue weighted by atomic mass is 10.1. The van der Waals surface area contributed by atoms with E-state index in [4.69, 9.17) is 5.73 Å². The maximum atomic E-state index is 12.2. The number of nitrogens with one attached hydrogen (secondary N) is 1. The van der Waals surface area contributed by atoms with Crippen molar-refractivity contribution in [3.63, 3.8) is 0 Å². The van der Waals surface area contributed by atoms with Gasteiger partial charge in [-0.25, -0.2) is 0 Å². The van der Waals surface area contributed by atoms with Gasteiger partial charge in [-0.2, -0.15) is 0 Å². The van der Waals surface area contributed by atoms with Crippen LogP contribution >= 0.6 is 12.4 Å². The molecule has 0 aliphatic heterocycles. The molecule has 0 aromatic heterocycles. The number of rotatable bonds is 6. The monoisotopic (exact) mass is 299 g/mol. The molecule has 0 fully saturated rings. The van der Waals surface area contributed by atoms with Crippen LogP contribution in [0.1, 0.15) is 29.8 Å². The molecule has 0 atom stereocenters. The number of amides is 2. The minimum atomic E-state index is -0.142. The van der Waals surface area contributed by atoms with Crippen LogP contribution in [0, 0.1) is 0 Å². The van der Waals surface area contributed by atoms with Gasteiger partial charge in [-0.15, -0.1) is 12.4 Å². The topological polar surface area (TPSA) is 75.4 Å². The Kier molecular flexibility index (Phi) is 8.59. The predicted molar refractivity (Wildman–Crippen MR) is 81.8 cm³/mol. The Hall–Kier alpha value is -1.59. The van der Waals surface area contributed by atoms with Crippen LogP contribution in [0.2, 0.25) is 0 Å². The van der Waals surface area contributed by atoms with Gasteiger partial charge in [-0.1, -0.05) is 12.1 Å². The maximum Gasteiger partial charge on any atom is 0.254 e. The molecule has 6 heteroatoms. The Bertz CT molecular complexity index is 435. The van der Waals surface area contributed by atoms with Crippen LogP contribution in [0.4, 0.5) is 0 Å². The zero-order valence-corrected chi connectivity index (χ0v) is 12.7. The van der Waals surface area contributed by atoms with E-state index in [2.05, 4.69) is 5.32 Å². The summed E-state index contributed by atoms with van der Waals surface area (Å²) in [5, 5.41) is 2.69. The first kappa shape index (κ1) is 18.4. The van der Waals surface area contributed by atoms with Crippen molar-refractivity contribution in [2.75, 3.05) is 19.6 Å². The number of carbonyl (C=O) groups excluding carboxylic acids is 2. The largest absolute Gasteiger partial charge is 0.355 e. The zero-order chi connectivity index (χ0) is 14.3. The Morgan fingerprint density at radius 3 is 2.25 bits per heavy atom. The molecule has 0 unspecified atom stereocenters. The van der Waals surface area contributed by atoms with Gasteiger partial charge >= 0.3 is 0 Å². The first-order chi connectivity index (χ1) is 9.12. The summed E-state index contributed by atoms with van der Waals surface area (Å²) in [6.45, 7) is 5.30. The second-order valence-corrected chi connectivity index (χ2v) is 4.17. The van der Waals surface area contributed by atoms with E-state index < -0.39 is 0 Å². The molecule has 0 heterocycles. The van der Waals surface area contributed by atoms with E-state index in [-0.39, 0.29) is 30.8 Å². The van der Waals surface area contributed by atoms with Gasteiger partial charge in [0.15, 0.2) is 0 Å². The van der Waals surface area contributed by atoms with Gasteiger partial charge in [0.25, 0.3) is 5.91 Å². The van der Waals surface area contributed by atoms with E-state index in [0.717, 1.165) is 5.56 Å². The Morgan fingerprint density at radius 2 is 1.80 bits per heavy atom. The summed E-state index contributed by atoms with van der Waals surface area (Å²) >= 11 is 0. The van der Waals surface area contributed by atoms with Crippen LogP contribution in [-0.4, -0.2) is 36.3 Å². The van der Waals surface area contributed by atoms with Crippen LogP contribution < -0.4 is 11.1 Å². The van der Waals surface area contributed by atoms with Gasteiger partial charge in [-0.05, 0) is 31.5 Å². The molecule has 5 nitrogen and oxygen atoms in total. The number of nitrogens with two attached hydrogens (primary N) is 1. The van der Waals surface area contributed by atoms with Gasteiger partial charge in [-0.3, -0.25) is 9.59 Å². The number of hydrogen-bond acceptors (Lipinski definition) is 3. The van der Waals surface area contributed by atoms with E-state index in [1.807, 2.05) is 26.0 Å². The minimum absolute atomic E-state index is 0. The lowest BCUT2D eigenvalue weighted by Crippen LogP contribution is -2.40. The first-order valence-corrected chi connectivity index (χ1v) is 6.47. The lowest BCUT2D eigenvalue weighted by Gasteiger charge is -2.20. The summed E-state index contributed by atoms with van der Waals surface area (Å²) in [6.07, 6.45) is 0. The number of likely N-dealkylation sites (N-methyl/N-ethyl adjacent to an activating group) is 2. The van der Waals surface area contributed by atoms with Crippen LogP contribution in [-0.2, 0) is 11.3 Å². The van der Waals surface area contributed by atoms with E-state index in [1.165, 1.54) is 4.90 Å². The fourth-order valence-corrected chi connectivity index (χ4v) is 1.72. The molecule has 0 saturated carbocycles. The molecule has 0 aliphatic carbocycles. The van der Waals surface area contributed by atoms with E-state index >= 15 is 0 Å². The summed E-state index contributed by atoms with van der Waals surface area (Å²) in [6, 6.07) is 7.14. The third kappa shape index (κ3) is 5.19. The fraction of sp³-hybridized carbons (Fsp3) is 0.429. The fourth-order valence-electron chi connectivity index (χ4n) is 1.72. The van der Waals surface area contributed by atoms with Crippen molar-refractivity contribution in [1.29, 1.82) is 0 Å². The number of benzene rings is 1. The number of carbonyl (C=O) groups is 2. The van der Waals surface area contributed by atoms with Gasteiger partial charge in [0.1, 0.15) is 0 Å². The number of halogens is 1. The minimum Gasteiger partial charge on any atom is -0.355 e. The second-order valence-electron chi connectivity index (χ2n) is 4.17. The van der Waals surface area contributed by atoms with E-state index in [9.17, 15) is 9.59 Å². The van der Waals surface area contributed by atoms with Crippen molar-refractivity contribution in [1.82, 2.24) is 10.2 Å². The average Bonchev–Trinajstić information content (AvgIpc) is 2.44. The summed E-state index contributed by atoms with van der Waals surface area (Å²) in [5.41, 5.74) is 7.06. The molecule has 0 bridgehead atoms. The molecular formula is C14H22ClN3O2. The third-order valence-corrected chi connectivity index (χ3v) is 2.81. The zero-order valence-electron chi connectivity index (χ0n) is 11.9. The highest BCUT2D eigenvalue weighted by Gasteiger charge is 2.16. The van der Waals surface area contributed by atoms with Crippen molar-refractivity contribution in [3.05, 3.63) is 35.4 Å². The highest BCUT2D eigenvalue weighted by atomic mass is 35.5. The number of nitrogens with zero attached hydrogens (tertiary/aromatic N) is 1. The smallest absolute Gasteiger partial charge is 0.254 e. The van der Waals surface area contributed by atoms with Crippen molar-refractivity contribution < 1.29 is 9.59 Å². The predicted octanol–water partition coefficient (Wildman–Crippen LogP) is 1.17. The van der Waals surface area contributed by atoms with Crippen LogP contribution in [0.5, 0.6) is 0 Å². The molecule has 1 rings (SSSR count). The molecule has 3 N–H and O–H groups in total. The first-order valence-electron chi connectivity index (χ1n) is 6.47. The van der Waals surface area contributed by atoms with Crippen molar-refractivity contribution >= 4 is 24.2 Å². The highest BCUT2D eigenvalue weighted by molar-refractivity contribution is 5.96. The van der Waals surface area contributed by atoms with Gasteiger partial charge < -0.3 is 16.0 Å². The van der Waals surface area contributed by atoms with Gasteiger partial charge in [0, 0.05) is 25.2 Å². The highest BCUT2D eigenvalue weighted by Crippen LogP contribution is 2.07. The molecule has 20 heavy (non-hydrogen) atoms. The lowest BCUT2D eigenvalue weighted by molar-refractivity contribution is -0.121. The molecule has 0 aliphatic rings. The Morgan fingerprint density at radius 1 is 1.20 bits per heavy atom. The van der Waals surface area contributed by atoms with E-state index in [1.54, 1.807) is 12.1 Å². The molecule has 1 aromatic rings. The number of hydrogen-bond donors (Lipinski definition) is 2. The molecule has 1 aromatic carbocycles. The van der Waals surface area contributed by atoms with Crippen molar-refractivity contribution in [3.8, 4) is 0 Å². The molecule has 2 amide bonds. The van der Waals surface area contributed by atoms with Crippen LogP contribution in [0.25, 0.3) is 0 Å². The molecule has 0 spiro atoms. The van der Waals surface area contributed by atoms with Crippen molar-refractivity contribution in [2.24, 2.45) is 5.73 Å². The van der Waals surface area contributed by atoms with Crippen LogP contribution in [0.3, 0.4) is 0 Å². The summed E-state index contributed by atoms with van der Waals surface area (Å²) in [5.74, 6) is -0.284. The van der Waals surface area contributed by atoms with Crippen LogP contribution in [0.15, 0.2) is 24.3 Å². The Labute approximate surface area is 125 Å². The molecular weight excluding hydrogens is 278 g/mol. The van der Waals surface area contributed by atoms with Crippen molar-refractivity contribution in [2.45, 2.75) is 20.4 Å². The standard InChI is InChI=1S/C14H21N3O2.ClH/c1-3-16-13(18)10-17(4-2)14(19)12-7-5-11(9-15)6-8-12;/h5-8H,3-4,9-10,15H2,1-2H3,(H,16,18);1H. The summed E-state index contributed by atoms with van der Waals surface area (Å²) < 4.78 is 0. The molecule has 0 saturated heterocycles. The summed E-state index contributed by atoms with van der Waals surface area (Å²) in [4.78, 5) is 25.3.